The number of hydrogen-bond donors (Lipinski definition) is 1. The van der Waals surface area contributed by atoms with E-state index in [1.165, 1.54) is 0 Å². The fraction of sp³-hybridized carbons (Fsp3) is 0.438. The lowest BCUT2D eigenvalue weighted by Crippen LogP contribution is -2.14. The van der Waals surface area contributed by atoms with Crippen molar-refractivity contribution in [1.82, 2.24) is 0 Å². The zero-order chi connectivity index (χ0) is 19.1. The lowest BCUT2D eigenvalue weighted by molar-refractivity contribution is -0.147. The molecule has 0 saturated heterocycles. The van der Waals surface area contributed by atoms with Gasteiger partial charge >= 0.3 is 5.97 Å². The molecule has 0 bridgehead atoms. The van der Waals surface area contributed by atoms with Gasteiger partial charge in [0.25, 0.3) is 0 Å². The van der Waals surface area contributed by atoms with Crippen LogP contribution in [0.2, 0.25) is 0 Å². The third-order valence-corrected chi connectivity index (χ3v) is 4.96. The fourth-order valence-electron chi connectivity index (χ4n) is 2.80. The summed E-state index contributed by atoms with van der Waals surface area (Å²) < 4.78 is 60.5. The van der Waals surface area contributed by atoms with Crippen molar-refractivity contribution in [2.75, 3.05) is 0 Å². The van der Waals surface area contributed by atoms with E-state index in [0.29, 0.717) is 3.39 Å². The lowest BCUT2D eigenvalue weighted by atomic mass is 10.1. The Morgan fingerprint density at radius 1 is 1.12 bits per heavy atom. The first-order valence-corrected chi connectivity index (χ1v) is 8.76. The van der Waals surface area contributed by atoms with Crippen molar-refractivity contribution in [1.29, 1.82) is 0 Å². The third kappa shape index (κ3) is 3.78. The van der Waals surface area contributed by atoms with E-state index in [4.69, 9.17) is 9.84 Å². The first-order chi connectivity index (χ1) is 11.5. The Morgan fingerprint density at radius 2 is 1.60 bits per heavy atom. The number of carbonyl (C=O) groups excluding carboxylic acids is 1. The molecule has 138 valence electrons. The van der Waals surface area contributed by atoms with Gasteiger partial charge in [-0.3, -0.25) is 4.79 Å². The SMILES string of the molecule is CC1(C)[C@H](C=C(Br)Br)[C@@H]1C(=O)OCc1c(F)c(F)c(CO)c(F)c1F. The maximum Gasteiger partial charge on any atom is 0.310 e. The highest BCUT2D eigenvalue weighted by Gasteiger charge is 2.61. The summed E-state index contributed by atoms with van der Waals surface area (Å²) in [5.74, 6) is -8.22. The first kappa shape index (κ1) is 20.4. The Labute approximate surface area is 158 Å². The molecular weight excluding hydrogens is 476 g/mol. The molecule has 1 fully saturated rings. The van der Waals surface area contributed by atoms with Crippen LogP contribution in [0.4, 0.5) is 17.6 Å². The molecule has 0 unspecified atom stereocenters. The van der Waals surface area contributed by atoms with Gasteiger partial charge in [-0.05, 0) is 43.2 Å². The molecule has 1 aliphatic carbocycles. The average Bonchev–Trinajstić information content (AvgIpc) is 3.05. The van der Waals surface area contributed by atoms with Crippen LogP contribution in [0, 0.1) is 40.5 Å². The van der Waals surface area contributed by atoms with E-state index in [2.05, 4.69) is 31.9 Å². The third-order valence-electron chi connectivity index (χ3n) is 4.43. The number of esters is 1. The van der Waals surface area contributed by atoms with Crippen molar-refractivity contribution in [3.8, 4) is 0 Å². The van der Waals surface area contributed by atoms with Crippen LogP contribution in [0.5, 0.6) is 0 Å². The Kier molecular flexibility index (Phi) is 6.00. The van der Waals surface area contributed by atoms with Crippen molar-refractivity contribution in [2.24, 2.45) is 17.3 Å². The number of hydrogen-bond acceptors (Lipinski definition) is 3. The van der Waals surface area contributed by atoms with Crippen molar-refractivity contribution >= 4 is 37.8 Å². The molecule has 9 heteroatoms. The highest BCUT2D eigenvalue weighted by molar-refractivity contribution is 9.28. The van der Waals surface area contributed by atoms with Gasteiger partial charge in [0.1, 0.15) is 6.61 Å². The van der Waals surface area contributed by atoms with Gasteiger partial charge in [0.2, 0.25) is 0 Å². The summed E-state index contributed by atoms with van der Waals surface area (Å²) in [4.78, 5) is 12.1. The topological polar surface area (TPSA) is 46.5 Å². The van der Waals surface area contributed by atoms with Gasteiger partial charge in [-0.2, -0.15) is 0 Å². The normalized spacial score (nSPS) is 21.0. The lowest BCUT2D eigenvalue weighted by Gasteiger charge is -2.11. The summed E-state index contributed by atoms with van der Waals surface area (Å²) in [7, 11) is 0. The minimum Gasteiger partial charge on any atom is -0.460 e. The predicted octanol–water partition coefficient (Wildman–Crippen LogP) is 4.68. The number of aliphatic hydroxyl groups is 1. The van der Waals surface area contributed by atoms with Crippen LogP contribution < -0.4 is 0 Å². The van der Waals surface area contributed by atoms with Gasteiger partial charge < -0.3 is 9.84 Å². The molecule has 3 nitrogen and oxygen atoms in total. The van der Waals surface area contributed by atoms with Crippen molar-refractivity contribution in [2.45, 2.75) is 27.1 Å². The van der Waals surface area contributed by atoms with Gasteiger partial charge in [0, 0.05) is 0 Å². The van der Waals surface area contributed by atoms with Crippen LogP contribution >= 0.6 is 31.9 Å². The molecule has 1 saturated carbocycles. The zero-order valence-electron chi connectivity index (χ0n) is 13.2. The smallest absolute Gasteiger partial charge is 0.310 e. The summed E-state index contributed by atoms with van der Waals surface area (Å²) in [6.07, 6.45) is 1.75. The molecule has 1 aromatic rings. The molecule has 1 aromatic carbocycles. The highest BCUT2D eigenvalue weighted by atomic mass is 79.9. The molecule has 1 N–H and O–H groups in total. The van der Waals surface area contributed by atoms with Crippen molar-refractivity contribution in [3.63, 3.8) is 0 Å². The quantitative estimate of drug-likeness (QED) is 0.371. The fourth-order valence-corrected chi connectivity index (χ4v) is 3.37. The molecule has 2 atom stereocenters. The number of allylic oxidation sites excluding steroid dienone is 1. The number of halogens is 6. The molecule has 0 amide bonds. The Morgan fingerprint density at radius 3 is 2.04 bits per heavy atom. The van der Waals surface area contributed by atoms with E-state index >= 15 is 0 Å². The van der Waals surface area contributed by atoms with E-state index in [9.17, 15) is 22.4 Å². The van der Waals surface area contributed by atoms with Gasteiger partial charge in [0.05, 0.1) is 27.0 Å². The van der Waals surface area contributed by atoms with Crippen LogP contribution in [0.15, 0.2) is 9.47 Å². The maximum atomic E-state index is 13.9. The number of rotatable bonds is 5. The second-order valence-corrected chi connectivity index (χ2v) is 9.03. The highest BCUT2D eigenvalue weighted by Crippen LogP contribution is 2.60. The van der Waals surface area contributed by atoms with Crippen LogP contribution in [-0.2, 0) is 22.7 Å². The monoisotopic (exact) mass is 488 g/mol. The van der Waals surface area contributed by atoms with E-state index in [0.717, 1.165) is 0 Å². The molecule has 0 heterocycles. The minimum atomic E-state index is -1.71. The van der Waals surface area contributed by atoms with E-state index in [1.807, 2.05) is 13.8 Å². The van der Waals surface area contributed by atoms with Gasteiger partial charge in [0.15, 0.2) is 23.3 Å². The standard InChI is InChI=1S/C16H14Br2F4O3/c1-16(2)8(3-9(17)18)10(16)15(24)25-5-7-13(21)11(19)6(4-23)12(20)14(7)22/h3,8,10,23H,4-5H2,1-2H3/t8-,10-/m1/s1. The van der Waals surface area contributed by atoms with Crippen LogP contribution in [0.1, 0.15) is 25.0 Å². The average molecular weight is 490 g/mol. The number of aliphatic hydroxyl groups excluding tert-OH is 1. The molecule has 0 aliphatic heterocycles. The van der Waals surface area contributed by atoms with Gasteiger partial charge in [-0.1, -0.05) is 19.9 Å². The predicted molar refractivity (Wildman–Crippen MR) is 88.7 cm³/mol. The molecule has 1 aliphatic rings. The van der Waals surface area contributed by atoms with Crippen LogP contribution in [-0.4, -0.2) is 11.1 Å². The molecule has 0 radical (unpaired) electrons. The van der Waals surface area contributed by atoms with Crippen LogP contribution in [0.3, 0.4) is 0 Å². The molecule has 2 rings (SSSR count). The van der Waals surface area contributed by atoms with Crippen molar-refractivity contribution in [3.05, 3.63) is 43.9 Å². The summed E-state index contributed by atoms with van der Waals surface area (Å²) in [6.45, 7) is 1.49. The second-order valence-electron chi connectivity index (χ2n) is 6.26. The Bertz CT molecular complexity index is 716. The summed E-state index contributed by atoms with van der Waals surface area (Å²) in [5, 5.41) is 8.79. The summed E-state index contributed by atoms with van der Waals surface area (Å²) in [6, 6.07) is 0. The molecule has 0 spiro atoms. The number of benzene rings is 1. The Balaban J connectivity index is 2.18. The summed E-state index contributed by atoms with van der Waals surface area (Å²) in [5.41, 5.74) is -2.56. The van der Waals surface area contributed by atoms with E-state index in [-0.39, 0.29) is 5.92 Å². The summed E-state index contributed by atoms with van der Waals surface area (Å²) >= 11 is 6.38. The second kappa shape index (κ2) is 7.36. The largest absolute Gasteiger partial charge is 0.460 e. The van der Waals surface area contributed by atoms with Gasteiger partial charge in [-0.15, -0.1) is 0 Å². The van der Waals surface area contributed by atoms with E-state index < -0.39 is 64.9 Å². The molecular formula is C16H14Br2F4O3. The molecule has 25 heavy (non-hydrogen) atoms. The first-order valence-electron chi connectivity index (χ1n) is 7.18. The maximum absolute atomic E-state index is 13.9. The zero-order valence-corrected chi connectivity index (χ0v) is 16.3. The van der Waals surface area contributed by atoms with Crippen molar-refractivity contribution < 1.29 is 32.2 Å². The number of ether oxygens (including phenoxy) is 1. The van der Waals surface area contributed by atoms with Gasteiger partial charge in [-0.25, -0.2) is 17.6 Å². The number of carbonyl (C=O) groups is 1. The minimum absolute atomic E-state index is 0.159. The Hall–Kier alpha value is -0.930. The van der Waals surface area contributed by atoms with Crippen LogP contribution in [0.25, 0.3) is 0 Å². The van der Waals surface area contributed by atoms with E-state index in [1.54, 1.807) is 6.08 Å². The molecule has 0 aromatic heterocycles.